The molecule has 16 heavy (non-hydrogen) atoms. The summed E-state index contributed by atoms with van der Waals surface area (Å²) >= 11 is 0. The fraction of sp³-hybridized carbons (Fsp3) is 0.700. The summed E-state index contributed by atoms with van der Waals surface area (Å²) in [5.74, 6) is 0.671. The smallest absolute Gasteiger partial charge is 0.223 e. The number of amides is 1. The van der Waals surface area contributed by atoms with Crippen LogP contribution in [-0.2, 0) is 14.8 Å². The van der Waals surface area contributed by atoms with Gasteiger partial charge in [-0.15, -0.1) is 0 Å². The van der Waals surface area contributed by atoms with Crippen LogP contribution < -0.4 is 10.5 Å². The summed E-state index contributed by atoms with van der Waals surface area (Å²) in [5, 5.41) is 7.48. The van der Waals surface area contributed by atoms with Gasteiger partial charge in [-0.05, 0) is 24.7 Å². The maximum absolute atomic E-state index is 11.7. The van der Waals surface area contributed by atoms with Crippen molar-refractivity contribution in [2.45, 2.75) is 12.8 Å². The molecule has 0 aliphatic heterocycles. The molecule has 1 fully saturated rings. The molecule has 2 rings (SSSR count). The first-order valence-electron chi connectivity index (χ1n) is 5.42. The Labute approximate surface area is 95.1 Å². The Morgan fingerprint density at radius 1 is 1.38 bits per heavy atom. The summed E-state index contributed by atoms with van der Waals surface area (Å²) in [4.78, 5) is 11.7. The highest BCUT2D eigenvalue weighted by molar-refractivity contribution is 7.89. The number of hydrogen-bond acceptors (Lipinski definition) is 3. The molecule has 0 aromatic carbocycles. The molecule has 2 aliphatic carbocycles. The molecule has 0 saturated heterocycles. The van der Waals surface area contributed by atoms with E-state index in [0.29, 0.717) is 11.8 Å². The van der Waals surface area contributed by atoms with E-state index in [1.165, 1.54) is 0 Å². The Kier molecular flexibility index (Phi) is 3.03. The van der Waals surface area contributed by atoms with E-state index in [1.807, 2.05) is 0 Å². The SMILES string of the molecule is NS(=O)(=O)CCNC(=O)C1CC2C=CC1C2. The first kappa shape index (κ1) is 11.6. The molecule has 90 valence electrons. The maximum atomic E-state index is 11.7. The Balaban J connectivity index is 1.79. The summed E-state index contributed by atoms with van der Waals surface area (Å²) in [7, 11) is -3.48. The van der Waals surface area contributed by atoms with Crippen molar-refractivity contribution >= 4 is 15.9 Å². The molecule has 5 nitrogen and oxygen atoms in total. The predicted octanol–water partition coefficient (Wildman–Crippen LogP) is -0.397. The average molecular weight is 244 g/mol. The van der Waals surface area contributed by atoms with Gasteiger partial charge in [0.1, 0.15) is 0 Å². The molecule has 1 amide bonds. The topological polar surface area (TPSA) is 89.3 Å². The number of sulfonamides is 1. The quantitative estimate of drug-likeness (QED) is 0.660. The molecule has 2 aliphatic rings. The van der Waals surface area contributed by atoms with Crippen molar-refractivity contribution in [2.24, 2.45) is 22.9 Å². The summed E-state index contributed by atoms with van der Waals surface area (Å²) in [5.41, 5.74) is 0. The van der Waals surface area contributed by atoms with Gasteiger partial charge < -0.3 is 5.32 Å². The van der Waals surface area contributed by atoms with Gasteiger partial charge >= 0.3 is 0 Å². The number of rotatable bonds is 4. The third-order valence-electron chi connectivity index (χ3n) is 3.30. The number of allylic oxidation sites excluding steroid dienone is 2. The van der Waals surface area contributed by atoms with Crippen LogP contribution in [0, 0.1) is 17.8 Å². The predicted molar refractivity (Wildman–Crippen MR) is 59.8 cm³/mol. The zero-order valence-corrected chi connectivity index (χ0v) is 9.74. The standard InChI is InChI=1S/C10H16N2O3S/c11-16(14,15)4-3-12-10(13)9-6-7-1-2-8(9)5-7/h1-2,7-9H,3-6H2,(H,12,13)(H2,11,14,15). The molecule has 0 heterocycles. The van der Waals surface area contributed by atoms with E-state index < -0.39 is 10.0 Å². The molecule has 0 spiro atoms. The molecule has 3 atom stereocenters. The Bertz CT molecular complexity index is 416. The van der Waals surface area contributed by atoms with E-state index in [0.717, 1.165) is 12.8 Å². The second-order valence-electron chi connectivity index (χ2n) is 4.54. The highest BCUT2D eigenvalue weighted by atomic mass is 32.2. The van der Waals surface area contributed by atoms with Gasteiger partial charge in [0.2, 0.25) is 15.9 Å². The van der Waals surface area contributed by atoms with Crippen LogP contribution in [0.25, 0.3) is 0 Å². The second kappa shape index (κ2) is 4.18. The van der Waals surface area contributed by atoms with E-state index in [1.54, 1.807) is 0 Å². The lowest BCUT2D eigenvalue weighted by Crippen LogP contribution is -2.36. The second-order valence-corrected chi connectivity index (χ2v) is 6.28. The molecule has 3 N–H and O–H groups in total. The van der Waals surface area contributed by atoms with Crippen LogP contribution in [-0.4, -0.2) is 26.6 Å². The summed E-state index contributed by atoms with van der Waals surface area (Å²) in [6.07, 6.45) is 6.21. The monoisotopic (exact) mass is 244 g/mol. The normalized spacial score (nSPS) is 31.9. The molecule has 0 aromatic rings. The van der Waals surface area contributed by atoms with Crippen molar-refractivity contribution in [3.05, 3.63) is 12.2 Å². The van der Waals surface area contributed by atoms with Crippen molar-refractivity contribution in [1.82, 2.24) is 5.32 Å². The van der Waals surface area contributed by atoms with Crippen molar-refractivity contribution < 1.29 is 13.2 Å². The molecular weight excluding hydrogens is 228 g/mol. The van der Waals surface area contributed by atoms with Gasteiger partial charge in [-0.1, -0.05) is 12.2 Å². The van der Waals surface area contributed by atoms with Gasteiger partial charge in [0.25, 0.3) is 0 Å². The van der Waals surface area contributed by atoms with Crippen LogP contribution in [0.15, 0.2) is 12.2 Å². The molecular formula is C10H16N2O3S. The van der Waals surface area contributed by atoms with Gasteiger partial charge in [0.05, 0.1) is 5.75 Å². The fourth-order valence-corrected chi connectivity index (χ4v) is 2.92. The Morgan fingerprint density at radius 3 is 2.62 bits per heavy atom. The van der Waals surface area contributed by atoms with Crippen molar-refractivity contribution in [1.29, 1.82) is 0 Å². The van der Waals surface area contributed by atoms with Gasteiger partial charge in [-0.3, -0.25) is 4.79 Å². The van der Waals surface area contributed by atoms with Crippen molar-refractivity contribution in [3.63, 3.8) is 0 Å². The number of carbonyl (C=O) groups is 1. The van der Waals surface area contributed by atoms with Crippen LogP contribution in [0.3, 0.4) is 0 Å². The summed E-state index contributed by atoms with van der Waals surface area (Å²) in [6.45, 7) is 0.106. The van der Waals surface area contributed by atoms with Crippen LogP contribution >= 0.6 is 0 Å². The van der Waals surface area contributed by atoms with Crippen LogP contribution in [0.2, 0.25) is 0 Å². The van der Waals surface area contributed by atoms with Gasteiger partial charge in [0, 0.05) is 12.5 Å². The lowest BCUT2D eigenvalue weighted by Gasteiger charge is -2.17. The number of nitrogens with two attached hydrogens (primary N) is 1. The van der Waals surface area contributed by atoms with Crippen molar-refractivity contribution in [2.75, 3.05) is 12.3 Å². The Morgan fingerprint density at radius 2 is 2.12 bits per heavy atom. The third-order valence-corrected chi connectivity index (χ3v) is 4.07. The van der Waals surface area contributed by atoms with Crippen LogP contribution in [0.1, 0.15) is 12.8 Å². The highest BCUT2D eigenvalue weighted by Crippen LogP contribution is 2.43. The zero-order valence-electron chi connectivity index (χ0n) is 8.93. The number of primary sulfonamides is 1. The highest BCUT2D eigenvalue weighted by Gasteiger charge is 2.39. The van der Waals surface area contributed by atoms with E-state index in [-0.39, 0.29) is 24.1 Å². The lowest BCUT2D eigenvalue weighted by molar-refractivity contribution is -0.125. The number of carbonyl (C=O) groups excluding carboxylic acids is 1. The van der Waals surface area contributed by atoms with Crippen LogP contribution in [0.4, 0.5) is 0 Å². The number of hydrogen-bond donors (Lipinski definition) is 2. The third kappa shape index (κ3) is 2.62. The average Bonchev–Trinajstić information content (AvgIpc) is 2.76. The maximum Gasteiger partial charge on any atom is 0.223 e. The molecule has 6 heteroatoms. The van der Waals surface area contributed by atoms with Gasteiger partial charge in [0.15, 0.2) is 0 Å². The minimum atomic E-state index is -3.48. The van der Waals surface area contributed by atoms with E-state index >= 15 is 0 Å². The number of fused-ring (bicyclic) bond motifs is 2. The molecule has 1 saturated carbocycles. The van der Waals surface area contributed by atoms with E-state index in [4.69, 9.17) is 5.14 Å². The summed E-state index contributed by atoms with van der Waals surface area (Å²) < 4.78 is 21.4. The first-order valence-corrected chi connectivity index (χ1v) is 7.14. The minimum Gasteiger partial charge on any atom is -0.355 e. The van der Waals surface area contributed by atoms with E-state index in [9.17, 15) is 13.2 Å². The van der Waals surface area contributed by atoms with Crippen LogP contribution in [0.5, 0.6) is 0 Å². The van der Waals surface area contributed by atoms with E-state index in [2.05, 4.69) is 17.5 Å². The van der Waals surface area contributed by atoms with Gasteiger partial charge in [-0.2, -0.15) is 0 Å². The zero-order chi connectivity index (χ0) is 11.8. The fourth-order valence-electron chi connectivity index (χ4n) is 2.53. The van der Waals surface area contributed by atoms with Gasteiger partial charge in [-0.25, -0.2) is 13.6 Å². The molecule has 2 bridgehead atoms. The largest absolute Gasteiger partial charge is 0.355 e. The Hall–Kier alpha value is -0.880. The molecule has 0 radical (unpaired) electrons. The molecule has 3 unspecified atom stereocenters. The first-order chi connectivity index (χ1) is 7.46. The number of nitrogens with one attached hydrogen (secondary N) is 1. The molecule has 0 aromatic heterocycles. The summed E-state index contributed by atoms with van der Waals surface area (Å²) in [6, 6.07) is 0. The van der Waals surface area contributed by atoms with Crippen molar-refractivity contribution in [3.8, 4) is 0 Å². The minimum absolute atomic E-state index is 0.0236. The lowest BCUT2D eigenvalue weighted by atomic mass is 9.93.